The lowest BCUT2D eigenvalue weighted by molar-refractivity contribution is 0.119. The number of aliphatic hydroxyl groups excluding tert-OH is 1. The van der Waals surface area contributed by atoms with Crippen molar-refractivity contribution in [1.29, 1.82) is 0 Å². The molecule has 0 aliphatic heterocycles. The van der Waals surface area contributed by atoms with Crippen LogP contribution in [0.3, 0.4) is 0 Å². The first-order valence-electron chi connectivity index (χ1n) is 6.09. The number of pyridine rings is 1. The summed E-state index contributed by atoms with van der Waals surface area (Å²) in [7, 11) is 0. The molecule has 3 nitrogen and oxygen atoms in total. The molecule has 3 heteroatoms. The Bertz CT molecular complexity index is 307. The van der Waals surface area contributed by atoms with Gasteiger partial charge in [-0.25, -0.2) is 0 Å². The van der Waals surface area contributed by atoms with Crippen LogP contribution < -0.4 is 5.32 Å². The van der Waals surface area contributed by atoms with Gasteiger partial charge in [0, 0.05) is 24.5 Å². The summed E-state index contributed by atoms with van der Waals surface area (Å²) in [6, 6.07) is 4.03. The van der Waals surface area contributed by atoms with E-state index in [1.165, 1.54) is 24.8 Å². The number of hydrogen-bond acceptors (Lipinski definition) is 3. The maximum Gasteiger partial charge on any atom is 0.0613 e. The van der Waals surface area contributed by atoms with Gasteiger partial charge >= 0.3 is 0 Å². The highest BCUT2D eigenvalue weighted by Gasteiger charge is 2.30. The van der Waals surface area contributed by atoms with Gasteiger partial charge in [-0.15, -0.1) is 0 Å². The Morgan fingerprint density at radius 3 is 2.50 bits per heavy atom. The molecule has 0 bridgehead atoms. The number of rotatable bonds is 4. The average molecular weight is 220 g/mol. The molecule has 1 aromatic rings. The topological polar surface area (TPSA) is 45.1 Å². The lowest BCUT2D eigenvalue weighted by Gasteiger charge is -2.36. The highest BCUT2D eigenvalue weighted by molar-refractivity contribution is 5.10. The molecule has 16 heavy (non-hydrogen) atoms. The molecule has 1 saturated carbocycles. The van der Waals surface area contributed by atoms with Crippen LogP contribution in [0, 0.1) is 0 Å². The van der Waals surface area contributed by atoms with Gasteiger partial charge in [0.1, 0.15) is 0 Å². The van der Waals surface area contributed by atoms with E-state index in [2.05, 4.69) is 10.3 Å². The average Bonchev–Trinajstić information content (AvgIpc) is 2.39. The normalized spacial score (nSPS) is 19.6. The SMILES string of the molecule is OCC1(NCc2ccncc2)CCCCC1. The number of hydrogen-bond donors (Lipinski definition) is 2. The van der Waals surface area contributed by atoms with Gasteiger partial charge in [-0.2, -0.15) is 0 Å². The Labute approximate surface area is 96.9 Å². The standard InChI is InChI=1S/C13H20N2O/c16-11-13(6-2-1-3-7-13)15-10-12-4-8-14-9-5-12/h4-5,8-9,15-16H,1-3,6-7,10-11H2. The second-order valence-electron chi connectivity index (χ2n) is 4.71. The van der Waals surface area contributed by atoms with Gasteiger partial charge in [-0.05, 0) is 30.5 Å². The van der Waals surface area contributed by atoms with Crippen molar-refractivity contribution in [1.82, 2.24) is 10.3 Å². The van der Waals surface area contributed by atoms with Crippen molar-refractivity contribution >= 4 is 0 Å². The third-order valence-corrected chi connectivity index (χ3v) is 3.53. The van der Waals surface area contributed by atoms with E-state index in [0.29, 0.717) is 0 Å². The van der Waals surface area contributed by atoms with Crippen molar-refractivity contribution in [3.05, 3.63) is 30.1 Å². The van der Waals surface area contributed by atoms with Crippen molar-refractivity contribution in [3.63, 3.8) is 0 Å². The van der Waals surface area contributed by atoms with Gasteiger partial charge in [0.2, 0.25) is 0 Å². The third kappa shape index (κ3) is 2.80. The van der Waals surface area contributed by atoms with E-state index >= 15 is 0 Å². The molecule has 0 unspecified atom stereocenters. The maximum atomic E-state index is 9.54. The first-order valence-corrected chi connectivity index (χ1v) is 6.09. The summed E-state index contributed by atoms with van der Waals surface area (Å²) in [6.07, 6.45) is 9.56. The molecule has 0 aromatic carbocycles. The molecule has 1 heterocycles. The largest absolute Gasteiger partial charge is 0.394 e. The van der Waals surface area contributed by atoms with Crippen molar-refractivity contribution in [2.24, 2.45) is 0 Å². The van der Waals surface area contributed by atoms with Crippen molar-refractivity contribution in [2.45, 2.75) is 44.2 Å². The van der Waals surface area contributed by atoms with Crippen LogP contribution in [-0.2, 0) is 6.54 Å². The number of aromatic nitrogens is 1. The molecule has 0 atom stereocenters. The molecular formula is C13H20N2O. The summed E-state index contributed by atoms with van der Waals surface area (Å²) in [4.78, 5) is 4.00. The highest BCUT2D eigenvalue weighted by Crippen LogP contribution is 2.27. The van der Waals surface area contributed by atoms with Gasteiger partial charge in [0.15, 0.2) is 0 Å². The minimum atomic E-state index is -0.0402. The zero-order valence-electron chi connectivity index (χ0n) is 9.65. The quantitative estimate of drug-likeness (QED) is 0.814. The fourth-order valence-electron chi connectivity index (χ4n) is 2.41. The molecule has 0 amide bonds. The van der Waals surface area contributed by atoms with E-state index in [1.807, 2.05) is 24.5 Å². The van der Waals surface area contributed by atoms with E-state index in [9.17, 15) is 5.11 Å². The molecule has 0 radical (unpaired) electrons. The van der Waals surface area contributed by atoms with Crippen LogP contribution in [0.25, 0.3) is 0 Å². The van der Waals surface area contributed by atoms with Crippen molar-refractivity contribution in [2.75, 3.05) is 6.61 Å². The van der Waals surface area contributed by atoms with Crippen molar-refractivity contribution in [3.8, 4) is 0 Å². The molecule has 1 aliphatic rings. The molecule has 1 aliphatic carbocycles. The maximum absolute atomic E-state index is 9.54. The first kappa shape index (κ1) is 11.6. The molecule has 2 rings (SSSR count). The van der Waals surface area contributed by atoms with E-state index < -0.39 is 0 Å². The zero-order chi connectivity index (χ0) is 11.3. The molecule has 0 spiro atoms. The Morgan fingerprint density at radius 2 is 1.88 bits per heavy atom. The fourth-order valence-corrected chi connectivity index (χ4v) is 2.41. The van der Waals surface area contributed by atoms with E-state index in [-0.39, 0.29) is 12.1 Å². The summed E-state index contributed by atoms with van der Waals surface area (Å²) in [5.41, 5.74) is 1.19. The second kappa shape index (κ2) is 5.41. The zero-order valence-corrected chi connectivity index (χ0v) is 9.65. The van der Waals surface area contributed by atoms with Crippen LogP contribution in [-0.4, -0.2) is 22.2 Å². The molecule has 1 fully saturated rings. The van der Waals surface area contributed by atoms with Crippen LogP contribution in [0.2, 0.25) is 0 Å². The Kier molecular flexibility index (Phi) is 3.91. The van der Waals surface area contributed by atoms with Gasteiger partial charge in [0.25, 0.3) is 0 Å². The van der Waals surface area contributed by atoms with E-state index in [0.717, 1.165) is 19.4 Å². The minimum Gasteiger partial charge on any atom is -0.394 e. The smallest absolute Gasteiger partial charge is 0.0613 e. The monoisotopic (exact) mass is 220 g/mol. The van der Waals surface area contributed by atoms with Crippen LogP contribution in [0.5, 0.6) is 0 Å². The van der Waals surface area contributed by atoms with Crippen LogP contribution in [0.15, 0.2) is 24.5 Å². The predicted octanol–water partition coefficient (Wildman–Crippen LogP) is 1.87. The second-order valence-corrected chi connectivity index (χ2v) is 4.71. The summed E-state index contributed by atoms with van der Waals surface area (Å²) in [6.45, 7) is 1.07. The van der Waals surface area contributed by atoms with E-state index in [4.69, 9.17) is 0 Å². The Morgan fingerprint density at radius 1 is 1.19 bits per heavy atom. The van der Waals surface area contributed by atoms with Gasteiger partial charge in [-0.1, -0.05) is 19.3 Å². The molecule has 0 saturated heterocycles. The van der Waals surface area contributed by atoms with Crippen molar-refractivity contribution < 1.29 is 5.11 Å². The Hall–Kier alpha value is -0.930. The van der Waals surface area contributed by atoms with E-state index in [1.54, 1.807) is 0 Å². The molecule has 1 aromatic heterocycles. The third-order valence-electron chi connectivity index (χ3n) is 3.53. The summed E-state index contributed by atoms with van der Waals surface area (Å²) in [5.74, 6) is 0. The Balaban J connectivity index is 1.92. The van der Waals surface area contributed by atoms with Crippen LogP contribution in [0.1, 0.15) is 37.7 Å². The van der Waals surface area contributed by atoms with Gasteiger partial charge in [0.05, 0.1) is 6.61 Å². The summed E-state index contributed by atoms with van der Waals surface area (Å²) in [5, 5.41) is 13.1. The number of nitrogens with zero attached hydrogens (tertiary/aromatic N) is 1. The highest BCUT2D eigenvalue weighted by atomic mass is 16.3. The number of aliphatic hydroxyl groups is 1. The lowest BCUT2D eigenvalue weighted by atomic mass is 9.82. The minimum absolute atomic E-state index is 0.0402. The first-order chi connectivity index (χ1) is 7.85. The van der Waals surface area contributed by atoms with Crippen LogP contribution in [0.4, 0.5) is 0 Å². The fraction of sp³-hybridized carbons (Fsp3) is 0.615. The van der Waals surface area contributed by atoms with Crippen LogP contribution >= 0.6 is 0 Å². The summed E-state index contributed by atoms with van der Waals surface area (Å²) >= 11 is 0. The number of nitrogens with one attached hydrogen (secondary N) is 1. The molecule has 88 valence electrons. The molecular weight excluding hydrogens is 200 g/mol. The molecule has 2 N–H and O–H groups in total. The summed E-state index contributed by atoms with van der Waals surface area (Å²) < 4.78 is 0. The van der Waals surface area contributed by atoms with Gasteiger partial charge < -0.3 is 10.4 Å². The predicted molar refractivity (Wildman–Crippen MR) is 64.0 cm³/mol. The lowest BCUT2D eigenvalue weighted by Crippen LogP contribution is -2.49. The van der Waals surface area contributed by atoms with Gasteiger partial charge in [-0.3, -0.25) is 4.98 Å².